The van der Waals surface area contributed by atoms with Crippen molar-refractivity contribution in [1.82, 2.24) is 9.88 Å². The van der Waals surface area contributed by atoms with Crippen LogP contribution >= 0.6 is 0 Å². The van der Waals surface area contributed by atoms with E-state index in [1.54, 1.807) is 31.4 Å². The number of nitrogens with zero attached hydrogens (tertiary/aromatic N) is 1. The number of aryl methyl sites for hydroxylation is 1. The van der Waals surface area contributed by atoms with Crippen LogP contribution in [0.3, 0.4) is 0 Å². The number of rotatable bonds is 8. The summed E-state index contributed by atoms with van der Waals surface area (Å²) >= 11 is 0. The molecule has 166 valence electrons. The molecule has 3 amide bonds. The molecule has 32 heavy (non-hydrogen) atoms. The van der Waals surface area contributed by atoms with Gasteiger partial charge in [-0.3, -0.25) is 14.4 Å². The lowest BCUT2D eigenvalue weighted by Gasteiger charge is -2.12. The van der Waals surface area contributed by atoms with Crippen molar-refractivity contribution >= 4 is 23.4 Å². The van der Waals surface area contributed by atoms with Crippen LogP contribution in [-0.4, -0.2) is 35.9 Å². The second-order valence-corrected chi connectivity index (χ2v) is 7.29. The normalized spacial score (nSPS) is 10.5. The molecule has 1 aromatic heterocycles. The molecule has 8 heteroatoms. The van der Waals surface area contributed by atoms with Crippen LogP contribution in [0, 0.1) is 13.8 Å². The standard InChI is InChI=1S/C24H26N4O4/c1-15-14-20(16(2)28(15)17-8-10-18(32-3)11-9-17)24(31)27-21-7-5-4-6-19(21)23(30)26-13-12-22(25)29/h4-11,14H,12-13H2,1-3H3,(H2,25,29)(H,26,30)(H,27,31). The Morgan fingerprint density at radius 2 is 1.66 bits per heavy atom. The molecule has 0 fully saturated rings. The first-order valence-electron chi connectivity index (χ1n) is 10.1. The molecular weight excluding hydrogens is 408 g/mol. The number of anilines is 1. The smallest absolute Gasteiger partial charge is 0.257 e. The number of methoxy groups -OCH3 is 1. The van der Waals surface area contributed by atoms with Gasteiger partial charge in [-0.05, 0) is 56.3 Å². The molecule has 0 spiro atoms. The summed E-state index contributed by atoms with van der Waals surface area (Å²) in [5.74, 6) is -0.472. The molecule has 0 saturated heterocycles. The van der Waals surface area contributed by atoms with Gasteiger partial charge in [0.15, 0.2) is 0 Å². The van der Waals surface area contributed by atoms with Gasteiger partial charge in [-0.25, -0.2) is 0 Å². The third kappa shape index (κ3) is 4.97. The number of amides is 3. The number of nitrogens with one attached hydrogen (secondary N) is 2. The summed E-state index contributed by atoms with van der Waals surface area (Å²) < 4.78 is 7.20. The van der Waals surface area contributed by atoms with E-state index in [1.165, 1.54) is 0 Å². The number of carbonyl (C=O) groups excluding carboxylic acids is 3. The first kappa shape index (κ1) is 22.6. The van der Waals surface area contributed by atoms with Crippen molar-refractivity contribution in [1.29, 1.82) is 0 Å². The van der Waals surface area contributed by atoms with Crippen LogP contribution in [-0.2, 0) is 4.79 Å². The van der Waals surface area contributed by atoms with Crippen molar-refractivity contribution in [2.75, 3.05) is 19.0 Å². The SMILES string of the molecule is COc1ccc(-n2c(C)cc(C(=O)Nc3ccccc3C(=O)NCCC(N)=O)c2C)cc1. The maximum Gasteiger partial charge on any atom is 0.257 e. The molecule has 4 N–H and O–H groups in total. The number of carbonyl (C=O) groups is 3. The Labute approximate surface area is 186 Å². The van der Waals surface area contributed by atoms with E-state index in [0.29, 0.717) is 16.8 Å². The predicted molar refractivity (Wildman–Crippen MR) is 122 cm³/mol. The highest BCUT2D eigenvalue weighted by Gasteiger charge is 2.19. The van der Waals surface area contributed by atoms with Gasteiger partial charge in [0.05, 0.1) is 23.9 Å². The first-order valence-corrected chi connectivity index (χ1v) is 10.1. The Morgan fingerprint density at radius 3 is 2.31 bits per heavy atom. The van der Waals surface area contributed by atoms with E-state index < -0.39 is 11.8 Å². The van der Waals surface area contributed by atoms with Gasteiger partial charge >= 0.3 is 0 Å². The Hall–Kier alpha value is -4.07. The zero-order valence-corrected chi connectivity index (χ0v) is 18.3. The topological polar surface area (TPSA) is 115 Å². The summed E-state index contributed by atoms with van der Waals surface area (Å²) in [5.41, 5.74) is 8.87. The van der Waals surface area contributed by atoms with Crippen molar-refractivity contribution in [3.63, 3.8) is 0 Å². The van der Waals surface area contributed by atoms with Crippen molar-refractivity contribution < 1.29 is 19.1 Å². The summed E-state index contributed by atoms with van der Waals surface area (Å²) in [5, 5.41) is 5.47. The van der Waals surface area contributed by atoms with Crippen molar-refractivity contribution in [2.45, 2.75) is 20.3 Å². The molecule has 0 aliphatic rings. The van der Waals surface area contributed by atoms with Gasteiger partial charge in [-0.1, -0.05) is 12.1 Å². The van der Waals surface area contributed by atoms with E-state index in [0.717, 1.165) is 22.8 Å². The van der Waals surface area contributed by atoms with Crippen molar-refractivity contribution in [2.24, 2.45) is 5.73 Å². The highest BCUT2D eigenvalue weighted by Crippen LogP contribution is 2.24. The number of hydrogen-bond acceptors (Lipinski definition) is 4. The average Bonchev–Trinajstić information content (AvgIpc) is 3.08. The molecule has 8 nitrogen and oxygen atoms in total. The summed E-state index contributed by atoms with van der Waals surface area (Å²) in [7, 11) is 1.61. The van der Waals surface area contributed by atoms with Crippen LogP contribution in [0.25, 0.3) is 5.69 Å². The minimum atomic E-state index is -0.501. The number of aromatic nitrogens is 1. The Morgan fingerprint density at radius 1 is 0.969 bits per heavy atom. The molecule has 0 aliphatic carbocycles. The number of para-hydroxylation sites is 1. The van der Waals surface area contributed by atoms with E-state index in [2.05, 4.69) is 10.6 Å². The Balaban J connectivity index is 1.82. The molecule has 0 saturated carbocycles. The fourth-order valence-electron chi connectivity index (χ4n) is 3.50. The summed E-state index contributed by atoms with van der Waals surface area (Å²) in [4.78, 5) is 36.5. The lowest BCUT2D eigenvalue weighted by Crippen LogP contribution is -2.28. The van der Waals surface area contributed by atoms with Crippen LogP contribution in [0.1, 0.15) is 38.5 Å². The molecular formula is C24H26N4O4. The highest BCUT2D eigenvalue weighted by molar-refractivity contribution is 6.09. The zero-order valence-electron chi connectivity index (χ0n) is 18.3. The summed E-state index contributed by atoms with van der Waals surface area (Å²) in [6.45, 7) is 3.92. The van der Waals surface area contributed by atoms with Gasteiger partial charge in [0, 0.05) is 30.0 Å². The highest BCUT2D eigenvalue weighted by atomic mass is 16.5. The Bertz CT molecular complexity index is 1150. The van der Waals surface area contributed by atoms with Gasteiger partial charge in [0.1, 0.15) is 5.75 Å². The monoisotopic (exact) mass is 434 g/mol. The third-order valence-electron chi connectivity index (χ3n) is 5.08. The lowest BCUT2D eigenvalue weighted by molar-refractivity contribution is -0.117. The van der Waals surface area contributed by atoms with Crippen LogP contribution in [0.4, 0.5) is 5.69 Å². The summed E-state index contributed by atoms with van der Waals surface area (Å²) in [6.07, 6.45) is 0.0393. The predicted octanol–water partition coefficient (Wildman–Crippen LogP) is 2.96. The number of benzene rings is 2. The van der Waals surface area contributed by atoms with Gasteiger partial charge in [0.2, 0.25) is 5.91 Å². The van der Waals surface area contributed by atoms with E-state index in [-0.39, 0.29) is 18.9 Å². The van der Waals surface area contributed by atoms with Gasteiger partial charge in [-0.2, -0.15) is 0 Å². The molecule has 3 aromatic rings. The molecule has 0 aliphatic heterocycles. The maximum absolute atomic E-state index is 13.1. The molecule has 0 radical (unpaired) electrons. The number of hydrogen-bond donors (Lipinski definition) is 3. The van der Waals surface area contributed by atoms with Gasteiger partial charge in [0.25, 0.3) is 11.8 Å². The molecule has 0 unspecified atom stereocenters. The lowest BCUT2D eigenvalue weighted by atomic mass is 10.1. The number of nitrogens with two attached hydrogens (primary N) is 1. The minimum absolute atomic E-state index is 0.0393. The van der Waals surface area contributed by atoms with E-state index in [9.17, 15) is 14.4 Å². The fraction of sp³-hybridized carbons (Fsp3) is 0.208. The maximum atomic E-state index is 13.1. The second kappa shape index (κ2) is 9.82. The number of primary amides is 1. The van der Waals surface area contributed by atoms with Crippen LogP contribution in [0.2, 0.25) is 0 Å². The van der Waals surface area contributed by atoms with Crippen LogP contribution in [0.5, 0.6) is 5.75 Å². The first-order chi connectivity index (χ1) is 15.3. The second-order valence-electron chi connectivity index (χ2n) is 7.29. The van der Waals surface area contributed by atoms with E-state index >= 15 is 0 Å². The minimum Gasteiger partial charge on any atom is -0.497 e. The fourth-order valence-corrected chi connectivity index (χ4v) is 3.50. The van der Waals surface area contributed by atoms with Crippen LogP contribution in [0.15, 0.2) is 54.6 Å². The average molecular weight is 434 g/mol. The molecule has 0 atom stereocenters. The molecule has 2 aromatic carbocycles. The summed E-state index contributed by atoms with van der Waals surface area (Å²) in [6, 6.07) is 16.1. The van der Waals surface area contributed by atoms with Crippen molar-refractivity contribution in [3.05, 3.63) is 77.1 Å². The van der Waals surface area contributed by atoms with E-state index in [4.69, 9.17) is 10.5 Å². The zero-order chi connectivity index (χ0) is 23.3. The number of ether oxygens (including phenoxy) is 1. The van der Waals surface area contributed by atoms with Crippen molar-refractivity contribution in [3.8, 4) is 11.4 Å². The Kier molecular flexibility index (Phi) is 6.94. The van der Waals surface area contributed by atoms with E-state index in [1.807, 2.05) is 48.7 Å². The molecule has 3 rings (SSSR count). The molecule has 0 bridgehead atoms. The quantitative estimate of drug-likeness (QED) is 0.505. The van der Waals surface area contributed by atoms with Gasteiger partial charge in [-0.15, -0.1) is 0 Å². The third-order valence-corrected chi connectivity index (χ3v) is 5.08. The largest absolute Gasteiger partial charge is 0.497 e. The van der Waals surface area contributed by atoms with Gasteiger partial charge < -0.3 is 25.7 Å². The van der Waals surface area contributed by atoms with Crippen LogP contribution < -0.4 is 21.1 Å². The molecule has 1 heterocycles.